The lowest BCUT2D eigenvalue weighted by Crippen LogP contribution is -2.20. The average Bonchev–Trinajstić information content (AvgIpc) is 2.82. The van der Waals surface area contributed by atoms with Gasteiger partial charge in [-0.15, -0.1) is 0 Å². The lowest BCUT2D eigenvalue weighted by molar-refractivity contribution is 0.584. The number of aromatic nitrogens is 1. The molecule has 1 fully saturated rings. The van der Waals surface area contributed by atoms with E-state index in [4.69, 9.17) is 0 Å². The van der Waals surface area contributed by atoms with Crippen molar-refractivity contribution in [2.24, 2.45) is 0 Å². The van der Waals surface area contributed by atoms with Gasteiger partial charge in [-0.25, -0.2) is 13.4 Å². The molecule has 0 bridgehead atoms. The molecule has 0 aromatic carbocycles. The summed E-state index contributed by atoms with van der Waals surface area (Å²) in [6.45, 7) is 0. The zero-order valence-electron chi connectivity index (χ0n) is 7.70. The largest absolute Gasteiger partial charge is 0.244 e. The number of halogens is 1. The highest BCUT2D eigenvalue weighted by molar-refractivity contribution is 9.10. The van der Waals surface area contributed by atoms with E-state index in [1.807, 2.05) is 6.07 Å². The minimum Gasteiger partial charge on any atom is -0.244 e. The fourth-order valence-electron chi connectivity index (χ4n) is 1.59. The van der Waals surface area contributed by atoms with E-state index in [0.29, 0.717) is 23.1 Å². The number of pyridine rings is 1. The Morgan fingerprint density at radius 2 is 2.07 bits per heavy atom. The first kappa shape index (κ1) is 10.1. The van der Waals surface area contributed by atoms with Crippen LogP contribution in [0.1, 0.15) is 18.5 Å². The number of nitrogens with zero attached hydrogens (tertiary/aromatic N) is 1. The Balaban J connectivity index is 2.51. The van der Waals surface area contributed by atoms with Crippen LogP contribution in [0.2, 0.25) is 0 Å². The first-order valence-corrected chi connectivity index (χ1v) is 6.97. The molecule has 1 aliphatic rings. The number of hydrogen-bond acceptors (Lipinski definition) is 3. The van der Waals surface area contributed by atoms with E-state index in [9.17, 15) is 8.42 Å². The molecule has 76 valence electrons. The van der Waals surface area contributed by atoms with Gasteiger partial charge in [-0.2, -0.15) is 0 Å². The molecule has 0 atom stereocenters. The van der Waals surface area contributed by atoms with Crippen LogP contribution in [0.25, 0.3) is 0 Å². The van der Waals surface area contributed by atoms with E-state index in [1.54, 1.807) is 12.1 Å². The highest BCUT2D eigenvalue weighted by atomic mass is 79.9. The van der Waals surface area contributed by atoms with E-state index < -0.39 is 14.6 Å². The van der Waals surface area contributed by atoms with Crippen LogP contribution in [-0.2, 0) is 14.6 Å². The highest BCUT2D eigenvalue weighted by Gasteiger charge is 2.54. The van der Waals surface area contributed by atoms with E-state index in [1.165, 1.54) is 6.26 Å². The standard InChI is InChI=1S/C9H10BrNO2S/c1-14(12,13)9(5-6-9)7-3-2-4-8(10)11-7/h2-4H,5-6H2,1H3. The minimum atomic E-state index is -3.04. The molecular formula is C9H10BrNO2S. The van der Waals surface area contributed by atoms with Gasteiger partial charge in [-0.05, 0) is 40.9 Å². The third-order valence-corrected chi connectivity index (χ3v) is 5.07. The van der Waals surface area contributed by atoms with Gasteiger partial charge in [-0.3, -0.25) is 0 Å². The molecule has 3 nitrogen and oxygen atoms in total. The molecule has 0 unspecified atom stereocenters. The molecule has 0 N–H and O–H groups in total. The first-order chi connectivity index (χ1) is 6.46. The van der Waals surface area contributed by atoms with Gasteiger partial charge < -0.3 is 0 Å². The molecule has 1 aromatic heterocycles. The molecule has 5 heteroatoms. The number of sulfone groups is 1. The van der Waals surface area contributed by atoms with Crippen LogP contribution in [0.4, 0.5) is 0 Å². The van der Waals surface area contributed by atoms with Crippen LogP contribution in [0, 0.1) is 0 Å². The molecule has 1 aliphatic carbocycles. The molecule has 0 radical (unpaired) electrons. The molecule has 0 amide bonds. The topological polar surface area (TPSA) is 47.0 Å². The quantitative estimate of drug-likeness (QED) is 0.775. The summed E-state index contributed by atoms with van der Waals surface area (Å²) >= 11 is 3.24. The van der Waals surface area contributed by atoms with Gasteiger partial charge in [0.2, 0.25) is 0 Å². The molecule has 14 heavy (non-hydrogen) atoms. The van der Waals surface area contributed by atoms with Crippen molar-refractivity contribution < 1.29 is 8.42 Å². The van der Waals surface area contributed by atoms with Crippen LogP contribution in [0.5, 0.6) is 0 Å². The van der Waals surface area contributed by atoms with Crippen LogP contribution in [-0.4, -0.2) is 19.7 Å². The maximum atomic E-state index is 11.6. The molecule has 1 aromatic rings. The first-order valence-electron chi connectivity index (χ1n) is 4.28. The second-order valence-electron chi connectivity index (χ2n) is 3.61. The zero-order valence-corrected chi connectivity index (χ0v) is 10.1. The Kier molecular flexibility index (Phi) is 2.19. The number of hydrogen-bond donors (Lipinski definition) is 0. The third-order valence-electron chi connectivity index (χ3n) is 2.60. The van der Waals surface area contributed by atoms with Crippen molar-refractivity contribution in [1.82, 2.24) is 4.98 Å². The maximum absolute atomic E-state index is 11.6. The summed E-state index contributed by atoms with van der Waals surface area (Å²) in [6.07, 6.45) is 2.66. The van der Waals surface area contributed by atoms with Crippen LogP contribution >= 0.6 is 15.9 Å². The van der Waals surface area contributed by atoms with Crippen molar-refractivity contribution in [2.75, 3.05) is 6.26 Å². The summed E-state index contributed by atoms with van der Waals surface area (Å²) in [5.74, 6) is 0. The lowest BCUT2D eigenvalue weighted by Gasteiger charge is -2.11. The van der Waals surface area contributed by atoms with Crippen LogP contribution < -0.4 is 0 Å². The van der Waals surface area contributed by atoms with Crippen molar-refractivity contribution in [3.63, 3.8) is 0 Å². The summed E-state index contributed by atoms with van der Waals surface area (Å²) < 4.78 is 23.1. The summed E-state index contributed by atoms with van der Waals surface area (Å²) in [7, 11) is -3.04. The zero-order chi connectivity index (χ0) is 10.4. The Morgan fingerprint density at radius 3 is 2.50 bits per heavy atom. The SMILES string of the molecule is CS(=O)(=O)C1(c2cccc(Br)n2)CC1. The van der Waals surface area contributed by atoms with Crippen molar-refractivity contribution >= 4 is 25.8 Å². The summed E-state index contributed by atoms with van der Waals surface area (Å²) in [6, 6.07) is 5.39. The highest BCUT2D eigenvalue weighted by Crippen LogP contribution is 2.51. The fraction of sp³-hybridized carbons (Fsp3) is 0.444. The fourth-order valence-corrected chi connectivity index (χ4v) is 3.27. The molecule has 0 spiro atoms. The maximum Gasteiger partial charge on any atom is 0.158 e. The van der Waals surface area contributed by atoms with Crippen molar-refractivity contribution in [3.8, 4) is 0 Å². The molecule has 1 saturated carbocycles. The lowest BCUT2D eigenvalue weighted by atomic mass is 10.2. The summed E-state index contributed by atoms with van der Waals surface area (Å²) in [5.41, 5.74) is 0.661. The van der Waals surface area contributed by atoms with E-state index in [-0.39, 0.29) is 0 Å². The molecule has 0 aliphatic heterocycles. The monoisotopic (exact) mass is 275 g/mol. The van der Waals surface area contributed by atoms with E-state index in [2.05, 4.69) is 20.9 Å². The predicted octanol–water partition coefficient (Wildman–Crippen LogP) is 1.88. The van der Waals surface area contributed by atoms with Gasteiger partial charge in [0.05, 0.1) is 5.69 Å². The smallest absolute Gasteiger partial charge is 0.158 e. The van der Waals surface area contributed by atoms with Gasteiger partial charge in [0.1, 0.15) is 9.35 Å². The third kappa shape index (κ3) is 1.48. The second kappa shape index (κ2) is 3.03. The van der Waals surface area contributed by atoms with Gasteiger partial charge >= 0.3 is 0 Å². The van der Waals surface area contributed by atoms with Crippen molar-refractivity contribution in [3.05, 3.63) is 28.5 Å². The minimum absolute atomic E-state index is 0.661. The second-order valence-corrected chi connectivity index (χ2v) is 6.75. The predicted molar refractivity (Wildman–Crippen MR) is 57.7 cm³/mol. The van der Waals surface area contributed by atoms with E-state index in [0.717, 1.165) is 0 Å². The molecule has 2 rings (SSSR count). The summed E-state index contributed by atoms with van der Waals surface area (Å²) in [4.78, 5) is 4.21. The Morgan fingerprint density at radius 1 is 1.43 bits per heavy atom. The van der Waals surface area contributed by atoms with Crippen LogP contribution in [0.15, 0.2) is 22.8 Å². The van der Waals surface area contributed by atoms with Gasteiger partial charge in [0.15, 0.2) is 9.84 Å². The number of rotatable bonds is 2. The normalized spacial score (nSPS) is 19.3. The van der Waals surface area contributed by atoms with Crippen LogP contribution in [0.3, 0.4) is 0 Å². The molecule has 1 heterocycles. The Labute approximate surface area is 91.6 Å². The average molecular weight is 276 g/mol. The van der Waals surface area contributed by atoms with Gasteiger partial charge in [0.25, 0.3) is 0 Å². The van der Waals surface area contributed by atoms with Gasteiger partial charge in [-0.1, -0.05) is 6.07 Å². The Hall–Kier alpha value is -0.420. The van der Waals surface area contributed by atoms with Gasteiger partial charge in [0, 0.05) is 6.26 Å². The Bertz CT molecular complexity index is 465. The van der Waals surface area contributed by atoms with E-state index >= 15 is 0 Å². The molecular weight excluding hydrogens is 266 g/mol. The molecule has 0 saturated heterocycles. The summed E-state index contributed by atoms with van der Waals surface area (Å²) in [5, 5.41) is 0. The van der Waals surface area contributed by atoms with Crippen molar-refractivity contribution in [2.45, 2.75) is 17.6 Å². The van der Waals surface area contributed by atoms with Crippen molar-refractivity contribution in [1.29, 1.82) is 0 Å².